The Hall–Kier alpha value is -1.03. The van der Waals surface area contributed by atoms with Crippen molar-refractivity contribution in [2.24, 2.45) is 5.92 Å². The van der Waals surface area contributed by atoms with E-state index in [0.717, 1.165) is 18.2 Å². The van der Waals surface area contributed by atoms with E-state index in [0.29, 0.717) is 6.54 Å². The molecule has 84 valence electrons. The van der Waals surface area contributed by atoms with Crippen LogP contribution < -0.4 is 5.32 Å². The zero-order valence-electron chi connectivity index (χ0n) is 9.02. The van der Waals surface area contributed by atoms with Gasteiger partial charge in [-0.15, -0.1) is 0 Å². The second-order valence-corrected chi connectivity index (χ2v) is 4.25. The molecule has 2 N–H and O–H groups in total. The molecule has 1 aliphatic rings. The Morgan fingerprint density at radius 2 is 2.27 bits per heavy atom. The van der Waals surface area contributed by atoms with Gasteiger partial charge in [0.1, 0.15) is 0 Å². The Bertz CT molecular complexity index is 292. The molecule has 15 heavy (non-hydrogen) atoms. The minimum Gasteiger partial charge on any atom is -0.394 e. The van der Waals surface area contributed by atoms with E-state index < -0.39 is 0 Å². The molecular formula is C11H19N3O. The van der Waals surface area contributed by atoms with Crippen LogP contribution in [0.15, 0.2) is 12.4 Å². The summed E-state index contributed by atoms with van der Waals surface area (Å²) in [4.78, 5) is 0. The Labute approximate surface area is 90.3 Å². The van der Waals surface area contributed by atoms with E-state index in [-0.39, 0.29) is 6.61 Å². The van der Waals surface area contributed by atoms with Crippen molar-refractivity contribution in [3.8, 4) is 0 Å². The molecule has 0 aliphatic heterocycles. The van der Waals surface area contributed by atoms with E-state index in [1.54, 1.807) is 4.68 Å². The lowest BCUT2D eigenvalue weighted by atomic mass is 10.1. The Morgan fingerprint density at radius 3 is 3.00 bits per heavy atom. The van der Waals surface area contributed by atoms with Crippen LogP contribution in [-0.2, 0) is 6.54 Å². The summed E-state index contributed by atoms with van der Waals surface area (Å²) in [7, 11) is 0. The van der Waals surface area contributed by atoms with Crippen LogP contribution in [0.25, 0.3) is 0 Å². The molecule has 4 nitrogen and oxygen atoms in total. The van der Waals surface area contributed by atoms with Gasteiger partial charge in [-0.2, -0.15) is 5.10 Å². The van der Waals surface area contributed by atoms with E-state index in [2.05, 4.69) is 10.4 Å². The van der Waals surface area contributed by atoms with Crippen LogP contribution in [0.2, 0.25) is 0 Å². The first-order valence-electron chi connectivity index (χ1n) is 5.75. The highest BCUT2D eigenvalue weighted by molar-refractivity contribution is 5.38. The molecule has 4 heteroatoms. The summed E-state index contributed by atoms with van der Waals surface area (Å²) >= 11 is 0. The number of anilines is 1. The third kappa shape index (κ3) is 2.96. The number of hydrogen-bond donors (Lipinski definition) is 2. The van der Waals surface area contributed by atoms with Crippen LogP contribution in [0, 0.1) is 5.92 Å². The van der Waals surface area contributed by atoms with Crippen LogP contribution in [0.5, 0.6) is 0 Å². The van der Waals surface area contributed by atoms with Gasteiger partial charge in [-0.25, -0.2) is 0 Å². The maximum Gasteiger partial charge on any atom is 0.0726 e. The third-order valence-corrected chi connectivity index (χ3v) is 3.03. The van der Waals surface area contributed by atoms with Gasteiger partial charge in [-0.3, -0.25) is 4.68 Å². The Kier molecular flexibility index (Phi) is 3.61. The minimum atomic E-state index is 0.143. The first-order chi connectivity index (χ1) is 7.38. The summed E-state index contributed by atoms with van der Waals surface area (Å²) in [5.41, 5.74) is 1.07. The largest absolute Gasteiger partial charge is 0.394 e. The van der Waals surface area contributed by atoms with Crippen molar-refractivity contribution in [1.29, 1.82) is 0 Å². The fraction of sp³-hybridized carbons (Fsp3) is 0.727. The predicted molar refractivity (Wildman–Crippen MR) is 59.8 cm³/mol. The average Bonchev–Trinajstić information content (AvgIpc) is 2.85. The number of aromatic nitrogens is 2. The summed E-state index contributed by atoms with van der Waals surface area (Å²) in [5.74, 6) is 0.839. The monoisotopic (exact) mass is 209 g/mol. The molecule has 0 radical (unpaired) electrons. The quantitative estimate of drug-likeness (QED) is 0.772. The molecular weight excluding hydrogens is 190 g/mol. The van der Waals surface area contributed by atoms with E-state index in [1.165, 1.54) is 25.7 Å². The van der Waals surface area contributed by atoms with Gasteiger partial charge in [0.2, 0.25) is 0 Å². The Balaban J connectivity index is 1.77. The van der Waals surface area contributed by atoms with Crippen molar-refractivity contribution in [3.63, 3.8) is 0 Å². The second-order valence-electron chi connectivity index (χ2n) is 4.25. The molecule has 0 amide bonds. The summed E-state index contributed by atoms with van der Waals surface area (Å²) in [6.45, 7) is 1.78. The molecule has 1 saturated carbocycles. The van der Waals surface area contributed by atoms with Gasteiger partial charge >= 0.3 is 0 Å². The predicted octanol–water partition coefficient (Wildman–Crippen LogP) is 1.48. The van der Waals surface area contributed by atoms with Crippen molar-refractivity contribution in [1.82, 2.24) is 9.78 Å². The molecule has 1 fully saturated rings. The van der Waals surface area contributed by atoms with Gasteiger partial charge in [-0.05, 0) is 18.8 Å². The van der Waals surface area contributed by atoms with E-state index >= 15 is 0 Å². The molecule has 1 aromatic heterocycles. The maximum atomic E-state index is 8.75. The topological polar surface area (TPSA) is 50.1 Å². The lowest BCUT2D eigenvalue weighted by molar-refractivity contribution is 0.269. The standard InChI is InChI=1S/C11H19N3O/c15-6-5-14-9-11(8-13-14)12-7-10-3-1-2-4-10/h8-10,12,15H,1-7H2. The molecule has 0 unspecified atom stereocenters. The van der Waals surface area contributed by atoms with Crippen LogP contribution >= 0.6 is 0 Å². The van der Waals surface area contributed by atoms with Crippen molar-refractivity contribution < 1.29 is 5.11 Å². The summed E-state index contributed by atoms with van der Waals surface area (Å²) in [6, 6.07) is 0. The van der Waals surface area contributed by atoms with Gasteiger partial charge in [0.05, 0.1) is 25.0 Å². The van der Waals surface area contributed by atoms with Gasteiger partial charge in [0.15, 0.2) is 0 Å². The molecule has 0 aromatic carbocycles. The highest BCUT2D eigenvalue weighted by atomic mass is 16.3. The third-order valence-electron chi connectivity index (χ3n) is 3.03. The van der Waals surface area contributed by atoms with E-state index in [4.69, 9.17) is 5.11 Å². The lowest BCUT2D eigenvalue weighted by Gasteiger charge is -2.09. The molecule has 0 saturated heterocycles. The van der Waals surface area contributed by atoms with Gasteiger partial charge in [0.25, 0.3) is 0 Å². The minimum absolute atomic E-state index is 0.143. The fourth-order valence-electron chi connectivity index (χ4n) is 2.16. The molecule has 1 heterocycles. The average molecular weight is 209 g/mol. The highest BCUT2D eigenvalue weighted by Crippen LogP contribution is 2.24. The van der Waals surface area contributed by atoms with Gasteiger partial charge in [-0.1, -0.05) is 12.8 Å². The van der Waals surface area contributed by atoms with Crippen molar-refractivity contribution in [2.45, 2.75) is 32.2 Å². The highest BCUT2D eigenvalue weighted by Gasteiger charge is 2.14. The molecule has 0 spiro atoms. The number of aliphatic hydroxyl groups excluding tert-OH is 1. The SMILES string of the molecule is OCCn1cc(NCC2CCCC2)cn1. The van der Waals surface area contributed by atoms with E-state index in [9.17, 15) is 0 Å². The molecule has 1 aliphatic carbocycles. The Morgan fingerprint density at radius 1 is 1.47 bits per heavy atom. The summed E-state index contributed by atoms with van der Waals surface area (Å²) < 4.78 is 1.76. The number of nitrogens with one attached hydrogen (secondary N) is 1. The first kappa shape index (κ1) is 10.5. The van der Waals surface area contributed by atoms with Crippen LogP contribution in [-0.4, -0.2) is 28.0 Å². The van der Waals surface area contributed by atoms with Crippen LogP contribution in [0.4, 0.5) is 5.69 Å². The molecule has 0 atom stereocenters. The van der Waals surface area contributed by atoms with Gasteiger partial charge in [0, 0.05) is 12.7 Å². The zero-order valence-corrected chi connectivity index (χ0v) is 9.02. The van der Waals surface area contributed by atoms with Crippen LogP contribution in [0.1, 0.15) is 25.7 Å². The number of nitrogens with zero attached hydrogens (tertiary/aromatic N) is 2. The summed E-state index contributed by atoms with van der Waals surface area (Å²) in [6.07, 6.45) is 9.26. The molecule has 0 bridgehead atoms. The van der Waals surface area contributed by atoms with Crippen molar-refractivity contribution in [2.75, 3.05) is 18.5 Å². The number of aliphatic hydroxyl groups is 1. The molecule has 1 aromatic rings. The zero-order chi connectivity index (χ0) is 10.5. The second kappa shape index (κ2) is 5.16. The smallest absolute Gasteiger partial charge is 0.0726 e. The van der Waals surface area contributed by atoms with Crippen molar-refractivity contribution in [3.05, 3.63) is 12.4 Å². The number of hydrogen-bond acceptors (Lipinski definition) is 3. The lowest BCUT2D eigenvalue weighted by Crippen LogP contribution is -2.10. The van der Waals surface area contributed by atoms with Crippen LogP contribution in [0.3, 0.4) is 0 Å². The van der Waals surface area contributed by atoms with E-state index in [1.807, 2.05) is 12.4 Å². The maximum absolute atomic E-state index is 8.75. The summed E-state index contributed by atoms with van der Waals surface area (Å²) in [5, 5.41) is 16.3. The molecule has 2 rings (SSSR count). The number of rotatable bonds is 5. The first-order valence-corrected chi connectivity index (χ1v) is 5.75. The normalized spacial score (nSPS) is 17.1. The van der Waals surface area contributed by atoms with Gasteiger partial charge < -0.3 is 10.4 Å². The fourth-order valence-corrected chi connectivity index (χ4v) is 2.16. The van der Waals surface area contributed by atoms with Crippen molar-refractivity contribution >= 4 is 5.69 Å².